The Balaban J connectivity index is 1.53. The van der Waals surface area contributed by atoms with Gasteiger partial charge in [-0.15, -0.1) is 0 Å². The van der Waals surface area contributed by atoms with Crippen LogP contribution in [0, 0.1) is 5.41 Å². The second-order valence-corrected chi connectivity index (χ2v) is 8.30. The summed E-state index contributed by atoms with van der Waals surface area (Å²) in [5.41, 5.74) is 0.897. The minimum Gasteiger partial charge on any atom is -0.339 e. The van der Waals surface area contributed by atoms with E-state index in [1.165, 1.54) is 6.26 Å². The first-order valence-electron chi connectivity index (χ1n) is 7.54. The fraction of sp³-hybridized carbons (Fsp3) is 0.600. The molecule has 3 rings (SSSR count). The molecule has 1 saturated heterocycles. The van der Waals surface area contributed by atoms with Gasteiger partial charge in [0.2, 0.25) is 10.0 Å². The molecule has 0 radical (unpaired) electrons. The van der Waals surface area contributed by atoms with Gasteiger partial charge in [-0.1, -0.05) is 0 Å². The van der Waals surface area contributed by atoms with Crippen molar-refractivity contribution in [3.63, 3.8) is 0 Å². The lowest BCUT2D eigenvalue weighted by molar-refractivity contribution is 0.0138. The highest BCUT2D eigenvalue weighted by Gasteiger charge is 2.47. The Morgan fingerprint density at radius 2 is 1.86 bits per heavy atom. The van der Waals surface area contributed by atoms with Crippen molar-refractivity contribution in [2.75, 3.05) is 19.3 Å². The maximum Gasteiger partial charge on any atom is 0.253 e. The molecule has 1 aliphatic carbocycles. The average molecular weight is 323 g/mol. The van der Waals surface area contributed by atoms with Crippen LogP contribution in [0.25, 0.3) is 0 Å². The van der Waals surface area contributed by atoms with Gasteiger partial charge in [-0.3, -0.25) is 9.78 Å². The standard InChI is InChI=1S/C15H21N3O3S/c1-22(20,21)17-13-10-15(11-13)4-8-18(9-5-15)14(19)12-2-6-16-7-3-12/h2-3,6-7,13,17H,4-5,8-11H2,1H3. The summed E-state index contributed by atoms with van der Waals surface area (Å²) in [6, 6.07) is 3.54. The predicted octanol–water partition coefficient (Wildman–Crippen LogP) is 1.02. The van der Waals surface area contributed by atoms with E-state index in [2.05, 4.69) is 9.71 Å². The van der Waals surface area contributed by atoms with Crippen molar-refractivity contribution in [1.82, 2.24) is 14.6 Å². The molecule has 1 aromatic rings. The summed E-state index contributed by atoms with van der Waals surface area (Å²) in [7, 11) is -3.12. The number of sulfonamides is 1. The predicted molar refractivity (Wildman–Crippen MR) is 82.8 cm³/mol. The molecule has 2 fully saturated rings. The Labute approximate surface area is 131 Å². The summed E-state index contributed by atoms with van der Waals surface area (Å²) in [5, 5.41) is 0. The fourth-order valence-corrected chi connectivity index (χ4v) is 4.41. The van der Waals surface area contributed by atoms with Crippen molar-refractivity contribution in [3.8, 4) is 0 Å². The molecule has 1 saturated carbocycles. The van der Waals surface area contributed by atoms with Gasteiger partial charge in [-0.05, 0) is 43.2 Å². The zero-order valence-electron chi connectivity index (χ0n) is 12.7. The van der Waals surface area contributed by atoms with E-state index in [-0.39, 0.29) is 17.4 Å². The lowest BCUT2D eigenvalue weighted by atomic mass is 9.60. The first-order valence-corrected chi connectivity index (χ1v) is 9.43. The van der Waals surface area contributed by atoms with E-state index < -0.39 is 10.0 Å². The lowest BCUT2D eigenvalue weighted by Gasteiger charge is -2.52. The molecule has 0 aromatic carbocycles. The normalized spacial score (nSPS) is 21.6. The molecule has 2 aliphatic rings. The van der Waals surface area contributed by atoms with Crippen LogP contribution >= 0.6 is 0 Å². The van der Waals surface area contributed by atoms with Gasteiger partial charge in [0.25, 0.3) is 5.91 Å². The third-order valence-corrected chi connectivity index (χ3v) is 5.54. The molecule has 0 bridgehead atoms. The highest BCUT2D eigenvalue weighted by molar-refractivity contribution is 7.88. The van der Waals surface area contributed by atoms with Crippen LogP contribution < -0.4 is 4.72 Å². The smallest absolute Gasteiger partial charge is 0.253 e. The summed E-state index contributed by atoms with van der Waals surface area (Å²) in [5.74, 6) is 0.0578. The fourth-order valence-electron chi connectivity index (χ4n) is 3.64. The maximum atomic E-state index is 12.4. The second kappa shape index (κ2) is 5.62. The Morgan fingerprint density at radius 3 is 2.41 bits per heavy atom. The number of aromatic nitrogens is 1. The number of pyridine rings is 1. The zero-order chi connectivity index (χ0) is 15.8. The average Bonchev–Trinajstić information content (AvgIpc) is 2.45. The topological polar surface area (TPSA) is 79.4 Å². The number of piperidine rings is 1. The van der Waals surface area contributed by atoms with E-state index in [4.69, 9.17) is 0 Å². The molecule has 0 atom stereocenters. The SMILES string of the molecule is CS(=O)(=O)NC1CC2(CCN(C(=O)c3ccncc3)CC2)C1. The molecule has 0 unspecified atom stereocenters. The van der Waals surface area contributed by atoms with E-state index in [0.717, 1.165) is 38.8 Å². The van der Waals surface area contributed by atoms with Crippen molar-refractivity contribution >= 4 is 15.9 Å². The van der Waals surface area contributed by atoms with Gasteiger partial charge >= 0.3 is 0 Å². The molecule has 6 nitrogen and oxygen atoms in total. The van der Waals surface area contributed by atoms with Gasteiger partial charge in [-0.25, -0.2) is 13.1 Å². The van der Waals surface area contributed by atoms with E-state index in [1.54, 1.807) is 24.5 Å². The monoisotopic (exact) mass is 323 g/mol. The summed E-state index contributed by atoms with van der Waals surface area (Å²) < 4.78 is 25.1. The first-order chi connectivity index (χ1) is 10.4. The van der Waals surface area contributed by atoms with E-state index in [0.29, 0.717) is 5.56 Å². The third-order valence-electron chi connectivity index (χ3n) is 4.78. The number of likely N-dealkylation sites (tertiary alicyclic amines) is 1. The third kappa shape index (κ3) is 3.30. The molecular weight excluding hydrogens is 302 g/mol. The van der Waals surface area contributed by atoms with Gasteiger partial charge in [0.15, 0.2) is 0 Å². The number of hydrogen-bond acceptors (Lipinski definition) is 4. The molecule has 1 spiro atoms. The quantitative estimate of drug-likeness (QED) is 0.900. The number of carbonyl (C=O) groups is 1. The van der Waals surface area contributed by atoms with Gasteiger partial charge in [0.1, 0.15) is 0 Å². The molecule has 1 amide bonds. The summed E-state index contributed by atoms with van der Waals surface area (Å²) >= 11 is 0. The Bertz CT molecular complexity index is 644. The summed E-state index contributed by atoms with van der Waals surface area (Å²) in [6.07, 6.45) is 8.14. The Hall–Kier alpha value is -1.47. The zero-order valence-corrected chi connectivity index (χ0v) is 13.5. The van der Waals surface area contributed by atoms with Crippen LogP contribution in [-0.4, -0.2) is 49.6 Å². The van der Waals surface area contributed by atoms with Crippen LogP contribution in [0.1, 0.15) is 36.0 Å². The van der Waals surface area contributed by atoms with Crippen LogP contribution in [0.2, 0.25) is 0 Å². The highest BCUT2D eigenvalue weighted by atomic mass is 32.2. The van der Waals surface area contributed by atoms with E-state index in [1.807, 2.05) is 4.90 Å². The molecule has 1 N–H and O–H groups in total. The van der Waals surface area contributed by atoms with Crippen LogP contribution in [0.3, 0.4) is 0 Å². The van der Waals surface area contributed by atoms with Crippen molar-refractivity contribution < 1.29 is 13.2 Å². The van der Waals surface area contributed by atoms with Crippen LogP contribution in [0.15, 0.2) is 24.5 Å². The van der Waals surface area contributed by atoms with Crippen molar-refractivity contribution in [1.29, 1.82) is 0 Å². The minimum atomic E-state index is -3.12. The lowest BCUT2D eigenvalue weighted by Crippen LogP contribution is -2.55. The van der Waals surface area contributed by atoms with Crippen molar-refractivity contribution in [2.45, 2.75) is 31.7 Å². The van der Waals surface area contributed by atoms with E-state index in [9.17, 15) is 13.2 Å². The highest BCUT2D eigenvalue weighted by Crippen LogP contribution is 2.49. The second-order valence-electron chi connectivity index (χ2n) is 6.52. The minimum absolute atomic E-state index is 0.0578. The maximum absolute atomic E-state index is 12.4. The summed E-state index contributed by atoms with van der Waals surface area (Å²) in [4.78, 5) is 18.2. The van der Waals surface area contributed by atoms with Gasteiger partial charge in [0.05, 0.1) is 6.26 Å². The number of amides is 1. The molecule has 1 aliphatic heterocycles. The molecule has 22 heavy (non-hydrogen) atoms. The first kappa shape index (κ1) is 15.4. The number of nitrogens with zero attached hydrogens (tertiary/aromatic N) is 2. The molecule has 1 aromatic heterocycles. The van der Waals surface area contributed by atoms with Crippen LogP contribution in [0.5, 0.6) is 0 Å². The Morgan fingerprint density at radius 1 is 1.27 bits per heavy atom. The van der Waals surface area contributed by atoms with Gasteiger partial charge in [-0.2, -0.15) is 0 Å². The number of carbonyl (C=O) groups excluding carboxylic acids is 1. The van der Waals surface area contributed by atoms with Crippen molar-refractivity contribution in [2.24, 2.45) is 5.41 Å². The van der Waals surface area contributed by atoms with Crippen LogP contribution in [-0.2, 0) is 10.0 Å². The molecule has 7 heteroatoms. The van der Waals surface area contributed by atoms with Crippen molar-refractivity contribution in [3.05, 3.63) is 30.1 Å². The van der Waals surface area contributed by atoms with Crippen LogP contribution in [0.4, 0.5) is 0 Å². The summed E-state index contributed by atoms with van der Waals surface area (Å²) in [6.45, 7) is 1.49. The number of rotatable bonds is 3. The van der Waals surface area contributed by atoms with Gasteiger partial charge in [0, 0.05) is 37.1 Å². The molecular formula is C15H21N3O3S. The largest absolute Gasteiger partial charge is 0.339 e. The number of nitrogens with one attached hydrogen (secondary N) is 1. The number of hydrogen-bond donors (Lipinski definition) is 1. The van der Waals surface area contributed by atoms with E-state index >= 15 is 0 Å². The molecule has 120 valence electrons. The Kier molecular flexibility index (Phi) is 3.94. The van der Waals surface area contributed by atoms with Gasteiger partial charge < -0.3 is 4.90 Å². The molecule has 2 heterocycles.